The first-order valence-electron chi connectivity index (χ1n) is 8.09. The van der Waals surface area contributed by atoms with Crippen molar-refractivity contribution in [2.45, 2.75) is 58.9 Å². The number of ether oxygens (including phenoxy) is 1. The van der Waals surface area contributed by atoms with Crippen LogP contribution in [0.15, 0.2) is 4.79 Å². The van der Waals surface area contributed by atoms with Crippen molar-refractivity contribution in [2.75, 3.05) is 6.61 Å². The largest absolute Gasteiger partial charge is 0.464 e. The summed E-state index contributed by atoms with van der Waals surface area (Å²) in [5, 5.41) is 0.702. The van der Waals surface area contributed by atoms with E-state index in [1.54, 1.807) is 39.0 Å². The number of fused-ring (bicyclic) bond motifs is 3. The van der Waals surface area contributed by atoms with Crippen LogP contribution in [-0.2, 0) is 27.9 Å². The molecule has 3 rings (SSSR count). The average molecular weight is 334 g/mol. The number of esters is 1. The lowest BCUT2D eigenvalue weighted by atomic mass is 9.97. The zero-order valence-electron chi connectivity index (χ0n) is 14.1. The van der Waals surface area contributed by atoms with Crippen LogP contribution >= 0.6 is 11.3 Å². The van der Waals surface area contributed by atoms with Gasteiger partial charge >= 0.3 is 5.97 Å². The second-order valence-corrected chi connectivity index (χ2v) is 7.55. The molecule has 0 bridgehead atoms. The molecule has 0 amide bonds. The summed E-state index contributed by atoms with van der Waals surface area (Å²) >= 11 is 1.63. The maximum absolute atomic E-state index is 13.2. The Morgan fingerprint density at radius 1 is 1.35 bits per heavy atom. The number of hydrogen-bond donors (Lipinski definition) is 0. The number of rotatable bonds is 3. The molecule has 0 saturated carbocycles. The zero-order valence-corrected chi connectivity index (χ0v) is 14.9. The summed E-state index contributed by atoms with van der Waals surface area (Å²) in [6.07, 6.45) is 4.22. The van der Waals surface area contributed by atoms with Crippen molar-refractivity contribution in [3.63, 3.8) is 0 Å². The molecule has 0 aromatic carbocycles. The van der Waals surface area contributed by atoms with Crippen molar-refractivity contribution in [2.24, 2.45) is 0 Å². The minimum Gasteiger partial charge on any atom is -0.464 e. The quantitative estimate of drug-likeness (QED) is 0.810. The molecule has 0 radical (unpaired) electrons. The fourth-order valence-corrected chi connectivity index (χ4v) is 4.66. The Balaban J connectivity index is 2.26. The minimum atomic E-state index is -1.07. The number of aryl methyl sites for hydroxylation is 3. The fraction of sp³-hybridized carbons (Fsp3) is 0.588. The van der Waals surface area contributed by atoms with Crippen LogP contribution in [0, 0.1) is 6.92 Å². The summed E-state index contributed by atoms with van der Waals surface area (Å²) in [7, 11) is 0. The van der Waals surface area contributed by atoms with Gasteiger partial charge in [0.15, 0.2) is 0 Å². The van der Waals surface area contributed by atoms with Crippen molar-refractivity contribution in [1.82, 2.24) is 9.55 Å². The van der Waals surface area contributed by atoms with Gasteiger partial charge in [0.05, 0.1) is 12.0 Å². The highest BCUT2D eigenvalue weighted by Gasteiger charge is 2.35. The number of hydrogen-bond acceptors (Lipinski definition) is 5. The lowest BCUT2D eigenvalue weighted by molar-refractivity contribution is -0.152. The lowest BCUT2D eigenvalue weighted by Crippen LogP contribution is -2.45. The van der Waals surface area contributed by atoms with Crippen LogP contribution in [0.4, 0.5) is 0 Å². The van der Waals surface area contributed by atoms with Crippen molar-refractivity contribution in [1.29, 1.82) is 0 Å². The Bertz CT molecular complexity index is 832. The van der Waals surface area contributed by atoms with E-state index in [-0.39, 0.29) is 5.56 Å². The molecule has 0 saturated heterocycles. The van der Waals surface area contributed by atoms with Gasteiger partial charge in [0.25, 0.3) is 5.56 Å². The molecule has 0 atom stereocenters. The van der Waals surface area contributed by atoms with Gasteiger partial charge in [-0.15, -0.1) is 11.3 Å². The molecule has 124 valence electrons. The Labute approximate surface area is 139 Å². The van der Waals surface area contributed by atoms with Gasteiger partial charge in [0.1, 0.15) is 16.2 Å². The van der Waals surface area contributed by atoms with E-state index in [1.807, 2.05) is 0 Å². The van der Waals surface area contributed by atoms with E-state index < -0.39 is 11.5 Å². The minimum absolute atomic E-state index is 0.120. The fourth-order valence-electron chi connectivity index (χ4n) is 3.36. The number of carbonyl (C=O) groups is 1. The third-order valence-corrected chi connectivity index (χ3v) is 5.68. The second-order valence-electron chi connectivity index (χ2n) is 6.47. The maximum atomic E-state index is 13.2. The summed E-state index contributed by atoms with van der Waals surface area (Å²) in [5.41, 5.74) is -0.0471. The standard InChI is InChI=1S/C17H22N2O3S/c1-5-22-16(21)17(3,4)19-10(2)18-14-13(15(19)20)11-8-6-7-9-12(11)23-14/h5-9H2,1-4H3. The highest BCUT2D eigenvalue weighted by molar-refractivity contribution is 7.18. The topological polar surface area (TPSA) is 61.2 Å². The van der Waals surface area contributed by atoms with Crippen molar-refractivity contribution < 1.29 is 9.53 Å². The predicted octanol–water partition coefficient (Wildman–Crippen LogP) is 2.94. The van der Waals surface area contributed by atoms with Crippen molar-refractivity contribution in [3.05, 3.63) is 26.6 Å². The molecule has 2 heterocycles. The van der Waals surface area contributed by atoms with Crippen LogP contribution in [0.3, 0.4) is 0 Å². The Morgan fingerprint density at radius 3 is 2.74 bits per heavy atom. The Hall–Kier alpha value is -1.69. The average Bonchev–Trinajstić information content (AvgIpc) is 2.85. The SMILES string of the molecule is CCOC(=O)C(C)(C)n1c(C)nc2sc3c(c2c1=O)CCCC3. The molecule has 6 heteroatoms. The van der Waals surface area contributed by atoms with Gasteiger partial charge in [-0.2, -0.15) is 0 Å². The van der Waals surface area contributed by atoms with E-state index in [1.165, 1.54) is 15.9 Å². The first-order valence-corrected chi connectivity index (χ1v) is 8.91. The molecular weight excluding hydrogens is 312 g/mol. The number of aromatic nitrogens is 2. The molecule has 2 aromatic heterocycles. The molecule has 0 unspecified atom stereocenters. The van der Waals surface area contributed by atoms with Gasteiger partial charge in [-0.25, -0.2) is 9.78 Å². The number of nitrogens with zero attached hydrogens (tertiary/aromatic N) is 2. The van der Waals surface area contributed by atoms with E-state index in [9.17, 15) is 9.59 Å². The smallest absolute Gasteiger partial charge is 0.331 e. The summed E-state index contributed by atoms with van der Waals surface area (Å²) in [6.45, 7) is 7.26. The first-order chi connectivity index (χ1) is 10.9. The zero-order chi connectivity index (χ0) is 16.8. The lowest BCUT2D eigenvalue weighted by Gasteiger charge is -2.26. The van der Waals surface area contributed by atoms with Gasteiger partial charge in [-0.05, 0) is 58.9 Å². The first kappa shape index (κ1) is 16.2. The molecule has 0 fully saturated rings. The van der Waals surface area contributed by atoms with E-state index in [4.69, 9.17) is 4.74 Å². The Kier molecular flexibility index (Phi) is 4.04. The van der Waals surface area contributed by atoms with Crippen LogP contribution < -0.4 is 5.56 Å². The van der Waals surface area contributed by atoms with Gasteiger partial charge in [0.2, 0.25) is 0 Å². The normalized spacial score (nSPS) is 14.8. The molecule has 0 aliphatic heterocycles. The summed E-state index contributed by atoms with van der Waals surface area (Å²) in [6, 6.07) is 0. The van der Waals surface area contributed by atoms with Crippen LogP contribution in [-0.4, -0.2) is 22.1 Å². The maximum Gasteiger partial charge on any atom is 0.331 e. The van der Waals surface area contributed by atoms with Crippen molar-refractivity contribution in [3.8, 4) is 0 Å². The second kappa shape index (κ2) is 5.74. The van der Waals surface area contributed by atoms with Gasteiger partial charge in [-0.1, -0.05) is 0 Å². The van der Waals surface area contributed by atoms with Crippen LogP contribution in [0.1, 0.15) is 49.9 Å². The molecule has 1 aliphatic rings. The van der Waals surface area contributed by atoms with Crippen LogP contribution in [0.5, 0.6) is 0 Å². The highest BCUT2D eigenvalue weighted by atomic mass is 32.1. The van der Waals surface area contributed by atoms with Crippen LogP contribution in [0.2, 0.25) is 0 Å². The predicted molar refractivity (Wildman–Crippen MR) is 91.2 cm³/mol. The highest BCUT2D eigenvalue weighted by Crippen LogP contribution is 2.34. The molecule has 1 aliphatic carbocycles. The molecular formula is C17H22N2O3S. The molecule has 0 N–H and O–H groups in total. The molecule has 2 aromatic rings. The molecule has 23 heavy (non-hydrogen) atoms. The number of carbonyl (C=O) groups excluding carboxylic acids is 1. The molecule has 0 spiro atoms. The summed E-state index contributed by atoms with van der Waals surface area (Å²) in [5.74, 6) is 0.148. The number of thiophene rings is 1. The van der Waals surface area contributed by atoms with E-state index in [2.05, 4.69) is 4.98 Å². The van der Waals surface area contributed by atoms with Crippen LogP contribution in [0.25, 0.3) is 10.2 Å². The van der Waals surface area contributed by atoms with E-state index >= 15 is 0 Å². The third kappa shape index (κ3) is 2.49. The van der Waals surface area contributed by atoms with E-state index in [0.29, 0.717) is 17.8 Å². The monoisotopic (exact) mass is 334 g/mol. The summed E-state index contributed by atoms with van der Waals surface area (Å²) in [4.78, 5) is 32.2. The van der Waals surface area contributed by atoms with Gasteiger partial charge < -0.3 is 4.74 Å². The van der Waals surface area contributed by atoms with E-state index in [0.717, 1.165) is 29.7 Å². The van der Waals surface area contributed by atoms with Gasteiger partial charge in [-0.3, -0.25) is 9.36 Å². The van der Waals surface area contributed by atoms with Crippen molar-refractivity contribution >= 4 is 27.5 Å². The third-order valence-electron chi connectivity index (χ3n) is 4.49. The molecule has 5 nitrogen and oxygen atoms in total. The summed E-state index contributed by atoms with van der Waals surface area (Å²) < 4.78 is 6.65. The Morgan fingerprint density at radius 2 is 2.04 bits per heavy atom. The van der Waals surface area contributed by atoms with Gasteiger partial charge in [0, 0.05) is 4.88 Å².